The van der Waals surface area contributed by atoms with Gasteiger partial charge in [-0.25, -0.2) is 0 Å². The van der Waals surface area contributed by atoms with Crippen LogP contribution in [0.4, 0.5) is 11.4 Å². The van der Waals surface area contributed by atoms with E-state index >= 15 is 0 Å². The van der Waals surface area contributed by atoms with Gasteiger partial charge in [-0.05, 0) is 36.8 Å². The first-order chi connectivity index (χ1) is 11.6. The number of hydrogen-bond acceptors (Lipinski definition) is 3. The summed E-state index contributed by atoms with van der Waals surface area (Å²) < 4.78 is 0. The third-order valence-electron chi connectivity index (χ3n) is 4.63. The molecule has 0 saturated heterocycles. The van der Waals surface area contributed by atoms with Crippen molar-refractivity contribution in [3.05, 3.63) is 45.4 Å². The number of benzene rings is 2. The Morgan fingerprint density at radius 3 is 1.44 bits per heavy atom. The first kappa shape index (κ1) is 18.4. The zero-order valence-electron chi connectivity index (χ0n) is 15.3. The quantitative estimate of drug-likeness (QED) is 0.700. The van der Waals surface area contributed by atoms with Gasteiger partial charge >= 0.3 is 0 Å². The van der Waals surface area contributed by atoms with E-state index in [0.29, 0.717) is 21.2 Å². The number of ketones is 1. The van der Waals surface area contributed by atoms with E-state index in [4.69, 9.17) is 23.2 Å². The molecule has 0 aliphatic carbocycles. The highest BCUT2D eigenvalue weighted by molar-refractivity contribution is 8.33. The molecule has 2 aromatic rings. The highest BCUT2D eigenvalue weighted by Crippen LogP contribution is 2.67. The number of anilines is 2. The van der Waals surface area contributed by atoms with Crippen LogP contribution in [0, 0.1) is 0 Å². The second kappa shape index (κ2) is 6.11. The maximum absolute atomic E-state index is 13.1. The van der Waals surface area contributed by atoms with Crippen LogP contribution in [0.2, 0.25) is 10.0 Å². The van der Waals surface area contributed by atoms with Crippen LogP contribution in [0.1, 0.15) is 15.9 Å². The lowest BCUT2D eigenvalue weighted by Gasteiger charge is -2.41. The lowest BCUT2D eigenvalue weighted by Crippen LogP contribution is -2.21. The average molecular weight is 397 g/mol. The van der Waals surface area contributed by atoms with Gasteiger partial charge in [-0.15, -0.1) is 0 Å². The Bertz CT molecular complexity index is 822. The molecule has 0 bridgehead atoms. The zero-order valence-corrected chi connectivity index (χ0v) is 17.6. The fourth-order valence-corrected chi connectivity index (χ4v) is 7.94. The van der Waals surface area contributed by atoms with E-state index in [-0.39, 0.29) is 5.78 Å². The molecule has 1 aliphatic heterocycles. The van der Waals surface area contributed by atoms with Crippen molar-refractivity contribution in [1.29, 1.82) is 0 Å². The molecule has 25 heavy (non-hydrogen) atoms. The molecule has 3 rings (SSSR count). The molecular formula is C19H22Cl2N2OS. The van der Waals surface area contributed by atoms with E-state index in [9.17, 15) is 4.79 Å². The standard InChI is InChI=1S/C19H22Cl2N2OS/c1-22(2)13-9-7-11-17(24)12-8-10-14(23(3)4)16(21)19(12)25(5,6)18(11)15(13)20/h7-10H,1-6H3. The van der Waals surface area contributed by atoms with Crippen LogP contribution in [0.15, 0.2) is 34.1 Å². The number of hydrogen-bond donors (Lipinski definition) is 0. The number of halogens is 2. The molecule has 2 aromatic carbocycles. The molecule has 0 spiro atoms. The van der Waals surface area contributed by atoms with Crippen molar-refractivity contribution in [1.82, 2.24) is 0 Å². The zero-order chi connectivity index (χ0) is 18.7. The molecule has 0 fully saturated rings. The fourth-order valence-electron chi connectivity index (χ4n) is 3.38. The van der Waals surface area contributed by atoms with Crippen molar-refractivity contribution < 1.29 is 4.79 Å². The van der Waals surface area contributed by atoms with Crippen molar-refractivity contribution in [3.63, 3.8) is 0 Å². The second-order valence-corrected chi connectivity index (χ2v) is 11.2. The third kappa shape index (κ3) is 2.62. The molecular weight excluding hydrogens is 375 g/mol. The summed E-state index contributed by atoms with van der Waals surface area (Å²) >= 11 is 13.5. The van der Waals surface area contributed by atoms with Gasteiger partial charge in [0.15, 0.2) is 5.78 Å². The van der Waals surface area contributed by atoms with E-state index in [1.165, 1.54) is 0 Å². The summed E-state index contributed by atoms with van der Waals surface area (Å²) in [5.74, 6) is -0.00348. The van der Waals surface area contributed by atoms with E-state index in [1.807, 2.05) is 62.3 Å². The summed E-state index contributed by atoms with van der Waals surface area (Å²) in [7, 11) is 6.25. The Balaban J connectivity index is 2.38. The molecule has 134 valence electrons. The third-order valence-corrected chi connectivity index (χ3v) is 8.51. The maximum Gasteiger partial charge on any atom is 0.195 e. The monoisotopic (exact) mass is 396 g/mol. The van der Waals surface area contributed by atoms with Crippen molar-refractivity contribution >= 4 is 50.4 Å². The predicted octanol–water partition coefficient (Wildman–Crippen LogP) is 5.15. The Hall–Kier alpha value is -1.36. The Kier molecular flexibility index (Phi) is 4.51. The van der Waals surface area contributed by atoms with Gasteiger partial charge < -0.3 is 9.80 Å². The smallest absolute Gasteiger partial charge is 0.195 e. The van der Waals surface area contributed by atoms with E-state index < -0.39 is 10.0 Å². The lowest BCUT2D eigenvalue weighted by molar-refractivity contribution is 0.103. The first-order valence-corrected chi connectivity index (χ1v) is 11.1. The van der Waals surface area contributed by atoms with E-state index in [1.54, 1.807) is 0 Å². The van der Waals surface area contributed by atoms with Crippen LogP contribution in [0.25, 0.3) is 0 Å². The second-order valence-electron chi connectivity index (χ2n) is 7.00. The SMILES string of the molecule is CN(C)c1ccc2c(c1Cl)S(C)(C)c1c(ccc(N(C)C)c1Cl)C2=O. The van der Waals surface area contributed by atoms with Crippen LogP contribution in [-0.2, 0) is 0 Å². The average Bonchev–Trinajstić information content (AvgIpc) is 2.51. The van der Waals surface area contributed by atoms with Crippen LogP contribution in [-0.4, -0.2) is 46.5 Å². The Morgan fingerprint density at radius 1 is 0.760 bits per heavy atom. The van der Waals surface area contributed by atoms with Crippen molar-refractivity contribution in [2.45, 2.75) is 9.79 Å². The summed E-state index contributed by atoms with van der Waals surface area (Å²) in [4.78, 5) is 18.9. The topological polar surface area (TPSA) is 23.6 Å². The van der Waals surface area contributed by atoms with Gasteiger partial charge in [-0.2, -0.15) is 10.0 Å². The minimum absolute atomic E-state index is 0.00348. The number of carbonyl (C=O) groups excluding carboxylic acids is 1. The van der Waals surface area contributed by atoms with Crippen molar-refractivity contribution in [3.8, 4) is 0 Å². The Morgan fingerprint density at radius 2 is 1.12 bits per heavy atom. The summed E-state index contributed by atoms with van der Waals surface area (Å²) in [6.45, 7) is 0. The molecule has 1 heterocycles. The maximum atomic E-state index is 13.1. The normalized spacial score (nSPS) is 16.1. The number of nitrogens with zero attached hydrogens (tertiary/aromatic N) is 2. The molecule has 0 saturated carbocycles. The summed E-state index contributed by atoms with van der Waals surface area (Å²) in [6, 6.07) is 7.61. The highest BCUT2D eigenvalue weighted by Gasteiger charge is 2.38. The molecule has 0 amide bonds. The van der Waals surface area contributed by atoms with Crippen molar-refractivity contribution in [2.75, 3.05) is 50.5 Å². The molecule has 0 radical (unpaired) electrons. The van der Waals surface area contributed by atoms with E-state index in [2.05, 4.69) is 12.5 Å². The molecule has 0 aromatic heterocycles. The first-order valence-electron chi connectivity index (χ1n) is 7.86. The van der Waals surface area contributed by atoms with Crippen LogP contribution >= 0.6 is 33.2 Å². The van der Waals surface area contributed by atoms with Gasteiger partial charge in [0.2, 0.25) is 0 Å². The minimum atomic E-state index is -1.55. The molecule has 6 heteroatoms. The lowest BCUT2D eigenvalue weighted by atomic mass is 10.0. The number of carbonyl (C=O) groups is 1. The van der Waals surface area contributed by atoms with Gasteiger partial charge in [0.1, 0.15) is 0 Å². The van der Waals surface area contributed by atoms with Gasteiger partial charge in [0.25, 0.3) is 0 Å². The largest absolute Gasteiger partial charge is 0.376 e. The van der Waals surface area contributed by atoms with Gasteiger partial charge in [0, 0.05) is 49.1 Å². The van der Waals surface area contributed by atoms with Gasteiger partial charge in [-0.1, -0.05) is 23.2 Å². The molecule has 1 aliphatic rings. The summed E-state index contributed by atoms with van der Waals surface area (Å²) in [5.41, 5.74) is 3.21. The highest BCUT2D eigenvalue weighted by atomic mass is 35.5. The molecule has 3 nitrogen and oxygen atoms in total. The van der Waals surface area contributed by atoms with Gasteiger partial charge in [0.05, 0.1) is 21.4 Å². The van der Waals surface area contributed by atoms with Crippen molar-refractivity contribution in [2.24, 2.45) is 0 Å². The predicted molar refractivity (Wildman–Crippen MR) is 111 cm³/mol. The number of fused-ring (bicyclic) bond motifs is 2. The van der Waals surface area contributed by atoms with Crippen LogP contribution in [0.3, 0.4) is 0 Å². The van der Waals surface area contributed by atoms with Crippen LogP contribution in [0.5, 0.6) is 0 Å². The summed E-state index contributed by atoms with van der Waals surface area (Å²) in [5, 5.41) is 1.29. The van der Waals surface area contributed by atoms with Gasteiger partial charge in [-0.3, -0.25) is 4.79 Å². The fraction of sp³-hybridized carbons (Fsp3) is 0.316. The minimum Gasteiger partial charge on any atom is -0.376 e. The number of rotatable bonds is 2. The molecule has 0 N–H and O–H groups in total. The van der Waals surface area contributed by atoms with Crippen LogP contribution < -0.4 is 9.80 Å². The molecule has 0 unspecified atom stereocenters. The van der Waals surface area contributed by atoms with E-state index in [0.717, 1.165) is 21.2 Å². The Labute approximate surface area is 160 Å². The molecule has 0 atom stereocenters. The summed E-state index contributed by atoms with van der Waals surface area (Å²) in [6.07, 6.45) is 4.32.